The molecule has 0 N–H and O–H groups in total. The second-order valence-electron chi connectivity index (χ2n) is 2.37. The second-order valence-corrected chi connectivity index (χ2v) is 6.24. The summed E-state index contributed by atoms with van der Waals surface area (Å²) >= 11 is 2.40. The predicted molar refractivity (Wildman–Crippen MR) is 47.2 cm³/mol. The summed E-state index contributed by atoms with van der Waals surface area (Å²) in [7, 11) is -3.62. The van der Waals surface area contributed by atoms with Gasteiger partial charge in [-0.1, -0.05) is 6.07 Å². The van der Waals surface area contributed by atoms with E-state index in [4.69, 9.17) is 0 Å². The molecule has 0 radical (unpaired) electrons. The van der Waals surface area contributed by atoms with Crippen LogP contribution in [-0.4, -0.2) is 8.42 Å². The SMILES string of the molecule is Cc1ccc(F)c(S(=O)(=O)Br)c1. The first-order chi connectivity index (χ1) is 5.41. The molecule has 0 aliphatic carbocycles. The van der Waals surface area contributed by atoms with E-state index in [-0.39, 0.29) is 4.90 Å². The average Bonchev–Trinajstić information content (AvgIpc) is 1.92. The highest BCUT2D eigenvalue weighted by Gasteiger charge is 2.14. The molecule has 0 spiro atoms. The second kappa shape index (κ2) is 3.14. The van der Waals surface area contributed by atoms with Crippen LogP contribution in [0.25, 0.3) is 0 Å². The summed E-state index contributed by atoms with van der Waals surface area (Å²) in [5, 5.41) is 0. The summed E-state index contributed by atoms with van der Waals surface area (Å²) in [6.45, 7) is 1.70. The van der Waals surface area contributed by atoms with E-state index in [1.165, 1.54) is 12.1 Å². The molecule has 0 atom stereocenters. The van der Waals surface area contributed by atoms with Crippen LogP contribution < -0.4 is 0 Å². The zero-order valence-corrected chi connectivity index (χ0v) is 8.62. The Morgan fingerprint density at radius 3 is 2.42 bits per heavy atom. The molecule has 5 heteroatoms. The van der Waals surface area contributed by atoms with Gasteiger partial charge in [0.2, 0.25) is 8.27 Å². The van der Waals surface area contributed by atoms with Gasteiger partial charge in [-0.3, -0.25) is 0 Å². The highest BCUT2D eigenvalue weighted by Crippen LogP contribution is 2.21. The van der Waals surface area contributed by atoms with Crippen molar-refractivity contribution in [3.63, 3.8) is 0 Å². The molecule has 0 aromatic heterocycles. The van der Waals surface area contributed by atoms with Gasteiger partial charge < -0.3 is 0 Å². The van der Waals surface area contributed by atoms with Crippen molar-refractivity contribution in [2.75, 3.05) is 0 Å². The third-order valence-electron chi connectivity index (χ3n) is 1.35. The third-order valence-corrected chi connectivity index (χ3v) is 3.23. The molecular weight excluding hydrogens is 247 g/mol. The topological polar surface area (TPSA) is 34.1 Å². The summed E-state index contributed by atoms with van der Waals surface area (Å²) in [6, 6.07) is 3.92. The maximum Gasteiger partial charge on any atom is 0.240 e. The van der Waals surface area contributed by atoms with E-state index in [0.717, 1.165) is 6.07 Å². The minimum atomic E-state index is -3.62. The van der Waals surface area contributed by atoms with Gasteiger partial charge in [-0.15, -0.1) is 0 Å². The van der Waals surface area contributed by atoms with Gasteiger partial charge in [-0.25, -0.2) is 12.8 Å². The lowest BCUT2D eigenvalue weighted by molar-refractivity contribution is 0.576. The quantitative estimate of drug-likeness (QED) is 0.719. The van der Waals surface area contributed by atoms with E-state index >= 15 is 0 Å². The molecule has 2 nitrogen and oxygen atoms in total. The summed E-state index contributed by atoms with van der Waals surface area (Å²) in [6.07, 6.45) is 0. The van der Waals surface area contributed by atoms with Crippen LogP contribution in [0.2, 0.25) is 0 Å². The van der Waals surface area contributed by atoms with Crippen LogP contribution in [0.5, 0.6) is 0 Å². The van der Waals surface area contributed by atoms with Crippen LogP contribution >= 0.6 is 14.8 Å². The molecule has 0 amide bonds. The van der Waals surface area contributed by atoms with E-state index < -0.39 is 14.1 Å². The molecule has 0 fully saturated rings. The Balaban J connectivity index is 3.43. The minimum Gasteiger partial charge on any atom is -0.212 e. The van der Waals surface area contributed by atoms with Crippen molar-refractivity contribution in [3.8, 4) is 0 Å². The number of rotatable bonds is 1. The van der Waals surface area contributed by atoms with Gasteiger partial charge in [0.05, 0.1) is 14.8 Å². The van der Waals surface area contributed by atoms with Gasteiger partial charge in [0.25, 0.3) is 0 Å². The Morgan fingerprint density at radius 1 is 1.42 bits per heavy atom. The average molecular weight is 253 g/mol. The van der Waals surface area contributed by atoms with Gasteiger partial charge in [-0.05, 0) is 24.6 Å². The molecule has 1 rings (SSSR count). The van der Waals surface area contributed by atoms with Crippen LogP contribution in [-0.2, 0) is 8.27 Å². The van der Waals surface area contributed by atoms with Gasteiger partial charge in [-0.2, -0.15) is 0 Å². The Hall–Kier alpha value is -0.420. The zero-order chi connectivity index (χ0) is 9.35. The summed E-state index contributed by atoms with van der Waals surface area (Å²) in [5.74, 6) is -0.738. The Morgan fingerprint density at radius 2 is 2.00 bits per heavy atom. The van der Waals surface area contributed by atoms with Crippen LogP contribution in [0, 0.1) is 12.7 Å². The largest absolute Gasteiger partial charge is 0.240 e. The van der Waals surface area contributed by atoms with E-state index in [1.54, 1.807) is 6.92 Å². The Bertz CT molecular complexity index is 400. The number of aryl methyl sites for hydroxylation is 1. The molecule has 0 heterocycles. The van der Waals surface area contributed by atoms with E-state index in [0.29, 0.717) is 5.56 Å². The number of benzene rings is 1. The molecule has 0 aliphatic rings. The molecule has 0 saturated carbocycles. The van der Waals surface area contributed by atoms with E-state index in [1.807, 2.05) is 0 Å². The fraction of sp³-hybridized carbons (Fsp3) is 0.143. The molecule has 1 aromatic carbocycles. The summed E-state index contributed by atoms with van der Waals surface area (Å²) in [4.78, 5) is -0.317. The molecule has 0 aliphatic heterocycles. The number of hydrogen-bond donors (Lipinski definition) is 0. The van der Waals surface area contributed by atoms with Crippen molar-refractivity contribution in [2.24, 2.45) is 0 Å². The summed E-state index contributed by atoms with van der Waals surface area (Å²) in [5.41, 5.74) is 0.703. The van der Waals surface area contributed by atoms with Crippen LogP contribution in [0.3, 0.4) is 0 Å². The van der Waals surface area contributed by atoms with Crippen LogP contribution in [0.4, 0.5) is 4.39 Å². The fourth-order valence-corrected chi connectivity index (χ4v) is 2.17. The Labute approximate surface area is 77.5 Å². The maximum absolute atomic E-state index is 12.9. The van der Waals surface area contributed by atoms with E-state index in [2.05, 4.69) is 14.8 Å². The first-order valence-corrected chi connectivity index (χ1v) is 6.44. The molecule has 66 valence electrons. The monoisotopic (exact) mass is 252 g/mol. The zero-order valence-electron chi connectivity index (χ0n) is 6.21. The van der Waals surface area contributed by atoms with Gasteiger partial charge in [0, 0.05) is 0 Å². The van der Waals surface area contributed by atoms with Crippen molar-refractivity contribution >= 4 is 23.1 Å². The van der Waals surface area contributed by atoms with Crippen molar-refractivity contribution in [1.29, 1.82) is 0 Å². The number of halogens is 2. The number of hydrogen-bond acceptors (Lipinski definition) is 2. The summed E-state index contributed by atoms with van der Waals surface area (Å²) < 4.78 is 34.6. The van der Waals surface area contributed by atoms with Crippen molar-refractivity contribution in [3.05, 3.63) is 29.6 Å². The highest BCUT2D eigenvalue weighted by atomic mass is 79.9. The van der Waals surface area contributed by atoms with E-state index in [9.17, 15) is 12.8 Å². The van der Waals surface area contributed by atoms with Crippen LogP contribution in [0.15, 0.2) is 23.1 Å². The van der Waals surface area contributed by atoms with Gasteiger partial charge in [0.15, 0.2) is 0 Å². The lowest BCUT2D eigenvalue weighted by atomic mass is 10.2. The van der Waals surface area contributed by atoms with Crippen molar-refractivity contribution in [2.45, 2.75) is 11.8 Å². The molecule has 12 heavy (non-hydrogen) atoms. The van der Waals surface area contributed by atoms with Crippen molar-refractivity contribution < 1.29 is 12.8 Å². The highest BCUT2D eigenvalue weighted by molar-refractivity contribution is 9.47. The smallest absolute Gasteiger partial charge is 0.212 e. The molecule has 1 aromatic rings. The fourth-order valence-electron chi connectivity index (χ4n) is 0.797. The maximum atomic E-state index is 12.9. The molecule has 0 unspecified atom stereocenters. The molecular formula is C7H6BrFO2S. The first kappa shape index (κ1) is 9.67. The lowest BCUT2D eigenvalue weighted by Gasteiger charge is -1.99. The normalized spacial score (nSPS) is 11.6. The van der Waals surface area contributed by atoms with Crippen LogP contribution in [0.1, 0.15) is 5.56 Å². The predicted octanol–water partition coefficient (Wildman–Crippen LogP) is 2.22. The lowest BCUT2D eigenvalue weighted by Crippen LogP contribution is -1.94. The standard InChI is InChI=1S/C7H6BrFO2S/c1-5-2-3-6(9)7(4-5)12(8,10)11/h2-4H,1H3. The Kier molecular flexibility index (Phi) is 2.53. The molecule has 0 bridgehead atoms. The third kappa shape index (κ3) is 2.04. The van der Waals surface area contributed by atoms with Gasteiger partial charge in [0.1, 0.15) is 10.7 Å². The van der Waals surface area contributed by atoms with Crippen molar-refractivity contribution in [1.82, 2.24) is 0 Å². The molecule has 0 saturated heterocycles. The first-order valence-electron chi connectivity index (χ1n) is 3.12. The minimum absolute atomic E-state index is 0.317. The van der Waals surface area contributed by atoms with Gasteiger partial charge >= 0.3 is 0 Å².